The Morgan fingerprint density at radius 1 is 1.16 bits per heavy atom. The van der Waals surface area contributed by atoms with E-state index in [0.717, 1.165) is 63.9 Å². The lowest BCUT2D eigenvalue weighted by Gasteiger charge is -2.24. The van der Waals surface area contributed by atoms with Crippen LogP contribution in [0.25, 0.3) is 0 Å². The molecule has 1 amide bonds. The van der Waals surface area contributed by atoms with Gasteiger partial charge in [0.25, 0.3) is 0 Å². The maximum Gasteiger partial charge on any atom is 0.222 e. The third-order valence-electron chi connectivity index (χ3n) is 6.22. The first-order valence-corrected chi connectivity index (χ1v) is 10.2. The number of aromatic nitrogens is 2. The van der Waals surface area contributed by atoms with Crippen molar-refractivity contribution >= 4 is 5.91 Å². The molecule has 2 heterocycles. The molecule has 4 rings (SSSR count). The van der Waals surface area contributed by atoms with E-state index < -0.39 is 0 Å². The molecule has 0 bridgehead atoms. The van der Waals surface area contributed by atoms with Crippen molar-refractivity contribution in [2.45, 2.75) is 58.5 Å². The molecule has 2 saturated carbocycles. The first-order chi connectivity index (χ1) is 12.2. The van der Waals surface area contributed by atoms with Gasteiger partial charge in [-0.15, -0.1) is 0 Å². The molecule has 1 aliphatic heterocycles. The summed E-state index contributed by atoms with van der Waals surface area (Å²) in [5.74, 6) is 2.86. The highest BCUT2D eigenvalue weighted by molar-refractivity contribution is 5.76. The highest BCUT2D eigenvalue weighted by Gasteiger charge is 2.42. The molecule has 0 unspecified atom stereocenters. The van der Waals surface area contributed by atoms with E-state index in [1.807, 2.05) is 10.9 Å². The summed E-state index contributed by atoms with van der Waals surface area (Å²) in [6.07, 6.45) is 11.5. The molecule has 1 aromatic heterocycles. The van der Waals surface area contributed by atoms with Crippen molar-refractivity contribution in [1.82, 2.24) is 19.6 Å². The zero-order chi connectivity index (χ0) is 17.2. The van der Waals surface area contributed by atoms with Gasteiger partial charge in [-0.2, -0.15) is 5.10 Å². The highest BCUT2D eigenvalue weighted by atomic mass is 16.2. The van der Waals surface area contributed by atoms with Gasteiger partial charge in [-0.3, -0.25) is 14.4 Å². The van der Waals surface area contributed by atoms with E-state index in [9.17, 15) is 4.79 Å². The molecule has 138 valence electrons. The van der Waals surface area contributed by atoms with Crippen LogP contribution in [0.2, 0.25) is 0 Å². The third kappa shape index (κ3) is 4.43. The van der Waals surface area contributed by atoms with Gasteiger partial charge in [0.05, 0.1) is 6.20 Å². The number of rotatable bonds is 7. The summed E-state index contributed by atoms with van der Waals surface area (Å²) >= 11 is 0. The Labute approximate surface area is 151 Å². The fourth-order valence-electron chi connectivity index (χ4n) is 4.40. The van der Waals surface area contributed by atoms with Crippen LogP contribution in [0.4, 0.5) is 0 Å². The topological polar surface area (TPSA) is 41.4 Å². The number of carbonyl (C=O) groups is 1. The van der Waals surface area contributed by atoms with Crippen LogP contribution in [0.3, 0.4) is 0 Å². The lowest BCUT2D eigenvalue weighted by Crippen LogP contribution is -2.36. The van der Waals surface area contributed by atoms with Crippen molar-refractivity contribution in [2.24, 2.45) is 17.8 Å². The minimum atomic E-state index is 0.421. The van der Waals surface area contributed by atoms with E-state index in [2.05, 4.69) is 28.0 Å². The van der Waals surface area contributed by atoms with Crippen LogP contribution in [0.5, 0.6) is 0 Å². The minimum absolute atomic E-state index is 0.421. The summed E-state index contributed by atoms with van der Waals surface area (Å²) in [4.78, 5) is 17.4. The summed E-state index contributed by atoms with van der Waals surface area (Å²) in [6, 6.07) is 0. The number of nitrogens with zero attached hydrogens (tertiary/aromatic N) is 4. The lowest BCUT2D eigenvalue weighted by molar-refractivity contribution is -0.132. The average molecular weight is 345 g/mol. The van der Waals surface area contributed by atoms with Gasteiger partial charge >= 0.3 is 0 Å². The first-order valence-electron chi connectivity index (χ1n) is 10.2. The molecular formula is C20H32N4O. The molecule has 5 heteroatoms. The van der Waals surface area contributed by atoms with Crippen molar-refractivity contribution in [2.75, 3.05) is 26.2 Å². The molecule has 0 radical (unpaired) electrons. The highest BCUT2D eigenvalue weighted by Crippen LogP contribution is 2.50. The molecule has 25 heavy (non-hydrogen) atoms. The van der Waals surface area contributed by atoms with Gasteiger partial charge in [0.2, 0.25) is 5.91 Å². The van der Waals surface area contributed by atoms with Crippen LogP contribution in [-0.2, 0) is 17.9 Å². The number of hydrogen-bond donors (Lipinski definition) is 0. The summed E-state index contributed by atoms with van der Waals surface area (Å²) in [5.41, 5.74) is 1.28. The molecule has 0 aromatic carbocycles. The molecule has 3 fully saturated rings. The Morgan fingerprint density at radius 3 is 2.56 bits per heavy atom. The van der Waals surface area contributed by atoms with Crippen LogP contribution in [0.15, 0.2) is 12.4 Å². The second-order valence-corrected chi connectivity index (χ2v) is 8.26. The van der Waals surface area contributed by atoms with Crippen LogP contribution in [-0.4, -0.2) is 51.7 Å². The third-order valence-corrected chi connectivity index (χ3v) is 6.22. The van der Waals surface area contributed by atoms with Gasteiger partial charge < -0.3 is 4.90 Å². The van der Waals surface area contributed by atoms with Crippen molar-refractivity contribution in [3.63, 3.8) is 0 Å². The standard InChI is InChI=1S/C20H32N4O/c1-2-24-15-16(13-21-24)14-22-8-3-9-23(11-10-22)20(25)12-19(17-4-5-17)18-6-7-18/h13,15,17-19H,2-12,14H2,1H3. The monoisotopic (exact) mass is 344 g/mol. The first kappa shape index (κ1) is 17.1. The zero-order valence-electron chi connectivity index (χ0n) is 15.6. The van der Waals surface area contributed by atoms with Crippen LogP contribution >= 0.6 is 0 Å². The Morgan fingerprint density at radius 2 is 1.92 bits per heavy atom. The number of aryl methyl sites for hydroxylation is 1. The van der Waals surface area contributed by atoms with Gasteiger partial charge in [0.15, 0.2) is 0 Å². The van der Waals surface area contributed by atoms with Gasteiger partial charge in [-0.1, -0.05) is 0 Å². The second kappa shape index (κ2) is 7.48. The van der Waals surface area contributed by atoms with Crippen molar-refractivity contribution in [3.05, 3.63) is 18.0 Å². The van der Waals surface area contributed by atoms with Gasteiger partial charge in [-0.05, 0) is 56.8 Å². The summed E-state index contributed by atoms with van der Waals surface area (Å²) in [6.45, 7) is 7.88. The zero-order valence-corrected chi connectivity index (χ0v) is 15.6. The maximum absolute atomic E-state index is 12.8. The number of amides is 1. The summed E-state index contributed by atoms with van der Waals surface area (Å²) < 4.78 is 1.99. The molecule has 3 aliphatic rings. The van der Waals surface area contributed by atoms with Crippen molar-refractivity contribution in [1.29, 1.82) is 0 Å². The maximum atomic E-state index is 12.8. The summed E-state index contributed by atoms with van der Waals surface area (Å²) in [7, 11) is 0. The smallest absolute Gasteiger partial charge is 0.222 e. The largest absolute Gasteiger partial charge is 0.341 e. The Bertz CT molecular complexity index is 578. The van der Waals surface area contributed by atoms with E-state index in [4.69, 9.17) is 0 Å². The van der Waals surface area contributed by atoms with Gasteiger partial charge in [0.1, 0.15) is 0 Å². The van der Waals surface area contributed by atoms with E-state index in [0.29, 0.717) is 11.8 Å². The predicted octanol–water partition coefficient (Wildman–Crippen LogP) is 2.76. The van der Waals surface area contributed by atoms with Gasteiger partial charge in [0, 0.05) is 57.4 Å². The number of hydrogen-bond acceptors (Lipinski definition) is 3. The summed E-state index contributed by atoms with van der Waals surface area (Å²) in [5, 5.41) is 4.37. The molecule has 1 aromatic rings. The molecule has 0 spiro atoms. The normalized spacial score (nSPS) is 22.4. The Hall–Kier alpha value is -1.36. The Kier molecular flexibility index (Phi) is 5.11. The average Bonchev–Trinajstić information content (AvgIpc) is 3.51. The van der Waals surface area contributed by atoms with E-state index >= 15 is 0 Å². The fourth-order valence-corrected chi connectivity index (χ4v) is 4.40. The molecule has 5 nitrogen and oxygen atoms in total. The Balaban J connectivity index is 1.27. The molecular weight excluding hydrogens is 312 g/mol. The minimum Gasteiger partial charge on any atom is -0.341 e. The second-order valence-electron chi connectivity index (χ2n) is 8.26. The SMILES string of the molecule is CCn1cc(CN2CCCN(C(=O)CC(C3CC3)C3CC3)CC2)cn1. The molecule has 0 atom stereocenters. The predicted molar refractivity (Wildman–Crippen MR) is 97.9 cm³/mol. The van der Waals surface area contributed by atoms with E-state index in [-0.39, 0.29) is 0 Å². The van der Waals surface area contributed by atoms with E-state index in [1.54, 1.807) is 0 Å². The molecule has 2 aliphatic carbocycles. The van der Waals surface area contributed by atoms with Gasteiger partial charge in [-0.25, -0.2) is 0 Å². The van der Waals surface area contributed by atoms with E-state index in [1.165, 1.54) is 31.2 Å². The molecule has 1 saturated heterocycles. The molecule has 0 N–H and O–H groups in total. The quantitative estimate of drug-likeness (QED) is 0.764. The fraction of sp³-hybridized carbons (Fsp3) is 0.800. The number of carbonyl (C=O) groups excluding carboxylic acids is 1. The van der Waals surface area contributed by atoms with Crippen LogP contribution in [0.1, 0.15) is 51.0 Å². The van der Waals surface area contributed by atoms with Crippen molar-refractivity contribution in [3.8, 4) is 0 Å². The van der Waals surface area contributed by atoms with Crippen LogP contribution in [0, 0.1) is 17.8 Å². The van der Waals surface area contributed by atoms with Crippen LogP contribution < -0.4 is 0 Å². The lowest BCUT2D eigenvalue weighted by atomic mass is 9.93. The van der Waals surface area contributed by atoms with Crippen molar-refractivity contribution < 1.29 is 4.79 Å².